The summed E-state index contributed by atoms with van der Waals surface area (Å²) in [4.78, 5) is 16.1. The minimum Gasteiger partial charge on any atom is -0.381 e. The van der Waals surface area contributed by atoms with E-state index in [2.05, 4.69) is 15.6 Å². The first-order chi connectivity index (χ1) is 10.2. The molecule has 1 amide bonds. The third-order valence-electron chi connectivity index (χ3n) is 3.62. The van der Waals surface area contributed by atoms with Crippen LogP contribution >= 0.6 is 0 Å². The van der Waals surface area contributed by atoms with Gasteiger partial charge in [0, 0.05) is 38.9 Å². The SMILES string of the molecule is Cc1ccc(NCCCNC(=O)C[C@H]2CCCOC2)nc1. The lowest BCUT2D eigenvalue weighted by molar-refractivity contribution is -0.123. The largest absolute Gasteiger partial charge is 0.381 e. The molecule has 0 radical (unpaired) electrons. The molecule has 0 saturated carbocycles. The summed E-state index contributed by atoms with van der Waals surface area (Å²) in [6.45, 7) is 5.10. The zero-order chi connectivity index (χ0) is 14.9. The number of carbonyl (C=O) groups is 1. The number of hydrogen-bond acceptors (Lipinski definition) is 4. The molecule has 1 aliphatic rings. The van der Waals surface area contributed by atoms with E-state index in [1.807, 2.05) is 25.3 Å². The molecule has 0 aromatic carbocycles. The Kier molecular flexibility index (Phi) is 6.47. The van der Waals surface area contributed by atoms with E-state index in [1.165, 1.54) is 0 Å². The van der Waals surface area contributed by atoms with Crippen molar-refractivity contribution < 1.29 is 9.53 Å². The van der Waals surface area contributed by atoms with Crippen LogP contribution in [0.15, 0.2) is 18.3 Å². The summed E-state index contributed by atoms with van der Waals surface area (Å²) >= 11 is 0. The number of nitrogens with one attached hydrogen (secondary N) is 2. The van der Waals surface area contributed by atoms with Crippen LogP contribution in [0.4, 0.5) is 5.82 Å². The Morgan fingerprint density at radius 2 is 2.33 bits per heavy atom. The molecular weight excluding hydrogens is 266 g/mol. The average Bonchev–Trinajstić information content (AvgIpc) is 2.50. The molecule has 0 spiro atoms. The number of aryl methyl sites for hydroxylation is 1. The van der Waals surface area contributed by atoms with Crippen molar-refractivity contribution in [3.63, 3.8) is 0 Å². The number of amides is 1. The van der Waals surface area contributed by atoms with Gasteiger partial charge in [0.2, 0.25) is 5.91 Å². The highest BCUT2D eigenvalue weighted by Gasteiger charge is 2.16. The Bertz CT molecular complexity index is 428. The monoisotopic (exact) mass is 291 g/mol. The van der Waals surface area contributed by atoms with Gasteiger partial charge in [-0.1, -0.05) is 6.07 Å². The van der Waals surface area contributed by atoms with E-state index in [-0.39, 0.29) is 5.91 Å². The second-order valence-electron chi connectivity index (χ2n) is 5.64. The smallest absolute Gasteiger partial charge is 0.220 e. The maximum Gasteiger partial charge on any atom is 0.220 e. The Balaban J connectivity index is 1.52. The fourth-order valence-corrected chi connectivity index (χ4v) is 2.41. The highest BCUT2D eigenvalue weighted by atomic mass is 16.5. The van der Waals surface area contributed by atoms with E-state index in [9.17, 15) is 4.79 Å². The van der Waals surface area contributed by atoms with Crippen molar-refractivity contribution in [1.29, 1.82) is 0 Å². The lowest BCUT2D eigenvalue weighted by Gasteiger charge is -2.21. The summed E-state index contributed by atoms with van der Waals surface area (Å²) in [6, 6.07) is 4.00. The van der Waals surface area contributed by atoms with E-state index >= 15 is 0 Å². The van der Waals surface area contributed by atoms with Gasteiger partial charge in [0.1, 0.15) is 5.82 Å². The second kappa shape index (κ2) is 8.62. The number of carbonyl (C=O) groups excluding carboxylic acids is 1. The van der Waals surface area contributed by atoms with Crippen LogP contribution in [-0.2, 0) is 9.53 Å². The van der Waals surface area contributed by atoms with Gasteiger partial charge in [0.15, 0.2) is 0 Å². The van der Waals surface area contributed by atoms with E-state index in [0.717, 1.165) is 50.4 Å². The predicted octanol–water partition coefficient (Wildman–Crippen LogP) is 2.12. The van der Waals surface area contributed by atoms with Gasteiger partial charge in [-0.05, 0) is 43.7 Å². The summed E-state index contributed by atoms with van der Waals surface area (Å²) in [5.41, 5.74) is 1.15. The molecule has 2 rings (SSSR count). The number of ether oxygens (including phenoxy) is 1. The van der Waals surface area contributed by atoms with Crippen LogP contribution in [0.2, 0.25) is 0 Å². The summed E-state index contributed by atoms with van der Waals surface area (Å²) in [5, 5.41) is 6.22. The number of hydrogen-bond donors (Lipinski definition) is 2. The highest BCUT2D eigenvalue weighted by molar-refractivity contribution is 5.76. The highest BCUT2D eigenvalue weighted by Crippen LogP contribution is 2.16. The Morgan fingerprint density at radius 1 is 1.43 bits per heavy atom. The minimum absolute atomic E-state index is 0.138. The van der Waals surface area contributed by atoms with Gasteiger partial charge in [-0.15, -0.1) is 0 Å². The maximum atomic E-state index is 11.8. The average molecular weight is 291 g/mol. The number of anilines is 1. The molecule has 2 heterocycles. The van der Waals surface area contributed by atoms with Crippen LogP contribution in [0.3, 0.4) is 0 Å². The number of rotatable bonds is 7. The van der Waals surface area contributed by atoms with Gasteiger partial charge < -0.3 is 15.4 Å². The van der Waals surface area contributed by atoms with E-state index in [0.29, 0.717) is 18.9 Å². The summed E-state index contributed by atoms with van der Waals surface area (Å²) < 4.78 is 5.39. The van der Waals surface area contributed by atoms with Crippen LogP contribution in [-0.4, -0.2) is 37.2 Å². The van der Waals surface area contributed by atoms with Crippen molar-refractivity contribution in [2.45, 2.75) is 32.6 Å². The van der Waals surface area contributed by atoms with Crippen molar-refractivity contribution >= 4 is 11.7 Å². The topological polar surface area (TPSA) is 63.2 Å². The van der Waals surface area contributed by atoms with Crippen molar-refractivity contribution in [3.8, 4) is 0 Å². The molecule has 116 valence electrons. The first kappa shape index (κ1) is 15.8. The van der Waals surface area contributed by atoms with Crippen molar-refractivity contribution in [2.24, 2.45) is 5.92 Å². The molecule has 1 aliphatic heterocycles. The fourth-order valence-electron chi connectivity index (χ4n) is 2.41. The van der Waals surface area contributed by atoms with Gasteiger partial charge in [-0.25, -0.2) is 4.98 Å². The van der Waals surface area contributed by atoms with Crippen LogP contribution in [0, 0.1) is 12.8 Å². The molecule has 21 heavy (non-hydrogen) atoms. The second-order valence-corrected chi connectivity index (χ2v) is 5.64. The third kappa shape index (κ3) is 6.12. The molecular formula is C16H25N3O2. The zero-order valence-electron chi connectivity index (χ0n) is 12.7. The standard InChI is InChI=1S/C16H25N3O2/c1-13-5-6-15(19-11-13)17-7-3-8-18-16(20)10-14-4-2-9-21-12-14/h5-6,11,14H,2-4,7-10,12H2,1H3,(H,17,19)(H,18,20)/t14-/m1/s1. The lowest BCUT2D eigenvalue weighted by atomic mass is 9.98. The number of nitrogens with zero attached hydrogens (tertiary/aromatic N) is 1. The molecule has 1 saturated heterocycles. The van der Waals surface area contributed by atoms with E-state index in [1.54, 1.807) is 0 Å². The van der Waals surface area contributed by atoms with Gasteiger partial charge in [0.25, 0.3) is 0 Å². The zero-order valence-corrected chi connectivity index (χ0v) is 12.7. The molecule has 0 unspecified atom stereocenters. The molecule has 5 nitrogen and oxygen atoms in total. The third-order valence-corrected chi connectivity index (χ3v) is 3.62. The van der Waals surface area contributed by atoms with Gasteiger partial charge >= 0.3 is 0 Å². The van der Waals surface area contributed by atoms with Gasteiger partial charge in [-0.3, -0.25) is 4.79 Å². The van der Waals surface area contributed by atoms with E-state index < -0.39 is 0 Å². The van der Waals surface area contributed by atoms with Gasteiger partial charge in [-0.2, -0.15) is 0 Å². The van der Waals surface area contributed by atoms with Crippen molar-refractivity contribution in [1.82, 2.24) is 10.3 Å². The Hall–Kier alpha value is -1.62. The molecule has 1 aromatic heterocycles. The van der Waals surface area contributed by atoms with Crippen molar-refractivity contribution in [3.05, 3.63) is 23.9 Å². The molecule has 0 aliphatic carbocycles. The summed E-state index contributed by atoms with van der Waals surface area (Å²) in [6.07, 6.45) is 5.51. The molecule has 1 atom stereocenters. The maximum absolute atomic E-state index is 11.8. The fraction of sp³-hybridized carbons (Fsp3) is 0.625. The minimum atomic E-state index is 0.138. The quantitative estimate of drug-likeness (QED) is 0.755. The molecule has 2 N–H and O–H groups in total. The van der Waals surface area contributed by atoms with Crippen LogP contribution in [0.1, 0.15) is 31.2 Å². The summed E-state index contributed by atoms with van der Waals surface area (Å²) in [5.74, 6) is 1.42. The number of pyridine rings is 1. The molecule has 1 aromatic rings. The lowest BCUT2D eigenvalue weighted by Crippen LogP contribution is -2.30. The first-order valence-corrected chi connectivity index (χ1v) is 7.75. The Morgan fingerprint density at radius 3 is 3.05 bits per heavy atom. The summed E-state index contributed by atoms with van der Waals surface area (Å²) in [7, 11) is 0. The van der Waals surface area contributed by atoms with Crippen molar-refractivity contribution in [2.75, 3.05) is 31.6 Å². The molecule has 1 fully saturated rings. The normalized spacial score (nSPS) is 18.2. The Labute approximate surface area is 126 Å². The van der Waals surface area contributed by atoms with Crippen LogP contribution in [0.5, 0.6) is 0 Å². The number of aromatic nitrogens is 1. The van der Waals surface area contributed by atoms with Gasteiger partial charge in [0.05, 0.1) is 0 Å². The predicted molar refractivity (Wildman–Crippen MR) is 83.3 cm³/mol. The van der Waals surface area contributed by atoms with Crippen LogP contribution < -0.4 is 10.6 Å². The molecule has 5 heteroatoms. The van der Waals surface area contributed by atoms with Crippen LogP contribution in [0.25, 0.3) is 0 Å². The van der Waals surface area contributed by atoms with E-state index in [4.69, 9.17) is 4.74 Å². The first-order valence-electron chi connectivity index (χ1n) is 7.75. The molecule has 0 bridgehead atoms.